The van der Waals surface area contributed by atoms with E-state index in [0.717, 1.165) is 0 Å². The van der Waals surface area contributed by atoms with Crippen molar-refractivity contribution in [3.63, 3.8) is 0 Å². The van der Waals surface area contributed by atoms with Crippen LogP contribution in [0.25, 0.3) is 0 Å². The Balaban J connectivity index is 2.08. The van der Waals surface area contributed by atoms with Crippen LogP contribution in [0.5, 0.6) is 0 Å². The third-order valence-corrected chi connectivity index (χ3v) is 3.28. The molecule has 1 saturated heterocycles. The number of carbonyl (C=O) groups is 2. The minimum atomic E-state index is -1.12. The van der Waals surface area contributed by atoms with E-state index < -0.39 is 11.4 Å². The standard InChI is InChI=1S/C11H17NO4/c1-10(2)7-12(5-6-16-10)8(13)11(3-4-11)9(14)15/h3-7H2,1-2H3,(H,14,15). The second-order valence-corrected chi connectivity index (χ2v) is 5.22. The summed E-state index contributed by atoms with van der Waals surface area (Å²) in [6.45, 7) is 5.27. The Hall–Kier alpha value is -1.10. The number of carbonyl (C=O) groups excluding carboxylic acids is 1. The van der Waals surface area contributed by atoms with Gasteiger partial charge in [-0.3, -0.25) is 9.59 Å². The van der Waals surface area contributed by atoms with Gasteiger partial charge >= 0.3 is 5.97 Å². The minimum absolute atomic E-state index is 0.239. The first-order chi connectivity index (χ1) is 7.37. The molecule has 1 aliphatic carbocycles. The summed E-state index contributed by atoms with van der Waals surface area (Å²) < 4.78 is 5.50. The molecule has 0 aromatic rings. The van der Waals surface area contributed by atoms with E-state index in [0.29, 0.717) is 32.5 Å². The molecule has 0 radical (unpaired) electrons. The van der Waals surface area contributed by atoms with Gasteiger partial charge in [-0.1, -0.05) is 0 Å². The maximum Gasteiger partial charge on any atom is 0.319 e. The number of morpholine rings is 1. The molecule has 5 nitrogen and oxygen atoms in total. The molecule has 16 heavy (non-hydrogen) atoms. The summed E-state index contributed by atoms with van der Waals surface area (Å²) in [6, 6.07) is 0. The summed E-state index contributed by atoms with van der Waals surface area (Å²) in [5.41, 5.74) is -1.49. The van der Waals surface area contributed by atoms with Crippen LogP contribution in [0.3, 0.4) is 0 Å². The van der Waals surface area contributed by atoms with E-state index in [1.807, 2.05) is 13.8 Å². The summed E-state index contributed by atoms with van der Waals surface area (Å²) in [5.74, 6) is -1.22. The molecule has 0 atom stereocenters. The molecule has 0 bridgehead atoms. The first kappa shape index (κ1) is 11.4. The monoisotopic (exact) mass is 227 g/mol. The Morgan fingerprint density at radius 3 is 2.38 bits per heavy atom. The number of carboxylic acid groups (broad SMARTS) is 1. The van der Waals surface area contributed by atoms with Crippen LogP contribution in [0.2, 0.25) is 0 Å². The number of hydrogen-bond acceptors (Lipinski definition) is 3. The second-order valence-electron chi connectivity index (χ2n) is 5.22. The highest BCUT2D eigenvalue weighted by Crippen LogP contribution is 2.47. The fourth-order valence-electron chi connectivity index (χ4n) is 2.14. The van der Waals surface area contributed by atoms with E-state index >= 15 is 0 Å². The lowest BCUT2D eigenvalue weighted by atomic mass is 10.0. The van der Waals surface area contributed by atoms with Crippen molar-refractivity contribution in [2.24, 2.45) is 5.41 Å². The second kappa shape index (κ2) is 3.45. The van der Waals surface area contributed by atoms with Crippen LogP contribution >= 0.6 is 0 Å². The molecule has 1 amide bonds. The van der Waals surface area contributed by atoms with Crippen molar-refractivity contribution < 1.29 is 19.4 Å². The fraction of sp³-hybridized carbons (Fsp3) is 0.818. The number of ether oxygens (including phenoxy) is 1. The summed E-state index contributed by atoms with van der Waals surface area (Å²) >= 11 is 0. The van der Waals surface area contributed by atoms with Crippen LogP contribution in [0.1, 0.15) is 26.7 Å². The van der Waals surface area contributed by atoms with Crippen LogP contribution in [-0.4, -0.2) is 47.2 Å². The van der Waals surface area contributed by atoms with Crippen molar-refractivity contribution in [2.45, 2.75) is 32.3 Å². The lowest BCUT2D eigenvalue weighted by molar-refractivity contribution is -0.161. The first-order valence-corrected chi connectivity index (χ1v) is 5.54. The van der Waals surface area contributed by atoms with Gasteiger partial charge in [0, 0.05) is 13.1 Å². The Morgan fingerprint density at radius 2 is 1.94 bits per heavy atom. The predicted octanol–water partition coefficient (Wildman–Crippen LogP) is 0.489. The van der Waals surface area contributed by atoms with Crippen molar-refractivity contribution in [2.75, 3.05) is 19.7 Å². The normalized spacial score (nSPS) is 26.2. The van der Waals surface area contributed by atoms with Crippen LogP contribution in [0.4, 0.5) is 0 Å². The van der Waals surface area contributed by atoms with E-state index in [-0.39, 0.29) is 11.5 Å². The van der Waals surface area contributed by atoms with Gasteiger partial charge in [-0.05, 0) is 26.7 Å². The van der Waals surface area contributed by atoms with Crippen LogP contribution in [0, 0.1) is 5.41 Å². The maximum absolute atomic E-state index is 12.1. The molecule has 1 N–H and O–H groups in total. The van der Waals surface area contributed by atoms with Crippen molar-refractivity contribution in [3.8, 4) is 0 Å². The van der Waals surface area contributed by atoms with E-state index in [9.17, 15) is 9.59 Å². The van der Waals surface area contributed by atoms with E-state index in [4.69, 9.17) is 9.84 Å². The number of carboxylic acids is 1. The third kappa shape index (κ3) is 1.80. The van der Waals surface area contributed by atoms with Crippen LogP contribution in [0.15, 0.2) is 0 Å². The number of rotatable bonds is 2. The van der Waals surface area contributed by atoms with Crippen LogP contribution in [-0.2, 0) is 14.3 Å². The molecule has 0 unspecified atom stereocenters. The number of hydrogen-bond donors (Lipinski definition) is 1. The largest absolute Gasteiger partial charge is 0.480 e. The summed E-state index contributed by atoms with van der Waals surface area (Å²) in [7, 11) is 0. The average Bonchev–Trinajstić information content (AvgIpc) is 2.95. The predicted molar refractivity (Wildman–Crippen MR) is 55.9 cm³/mol. The van der Waals surface area contributed by atoms with Gasteiger partial charge in [0.25, 0.3) is 0 Å². The highest BCUT2D eigenvalue weighted by Gasteiger charge is 2.59. The van der Waals surface area contributed by atoms with Gasteiger partial charge in [-0.15, -0.1) is 0 Å². The Kier molecular flexibility index (Phi) is 2.45. The maximum atomic E-state index is 12.1. The molecule has 90 valence electrons. The molecular weight excluding hydrogens is 210 g/mol. The summed E-state index contributed by atoms with van der Waals surface area (Å²) in [5, 5.41) is 9.06. The zero-order valence-electron chi connectivity index (χ0n) is 9.65. The lowest BCUT2D eigenvalue weighted by Crippen LogP contribution is -2.53. The lowest BCUT2D eigenvalue weighted by Gasteiger charge is -2.39. The van der Waals surface area contributed by atoms with Gasteiger partial charge in [0.15, 0.2) is 0 Å². The van der Waals surface area contributed by atoms with Gasteiger partial charge in [0.2, 0.25) is 5.91 Å². The smallest absolute Gasteiger partial charge is 0.319 e. The van der Waals surface area contributed by atoms with E-state index in [1.165, 1.54) is 0 Å². The number of amides is 1. The third-order valence-electron chi connectivity index (χ3n) is 3.28. The molecule has 1 saturated carbocycles. The van der Waals surface area contributed by atoms with Crippen molar-refractivity contribution in [1.29, 1.82) is 0 Å². The number of nitrogens with zero attached hydrogens (tertiary/aromatic N) is 1. The summed E-state index contributed by atoms with van der Waals surface area (Å²) in [6.07, 6.45) is 0.942. The molecule has 2 rings (SSSR count). The van der Waals surface area contributed by atoms with E-state index in [1.54, 1.807) is 4.90 Å². The fourth-order valence-corrected chi connectivity index (χ4v) is 2.14. The molecule has 1 heterocycles. The van der Waals surface area contributed by atoms with Gasteiger partial charge in [-0.2, -0.15) is 0 Å². The number of aliphatic carboxylic acids is 1. The highest BCUT2D eigenvalue weighted by atomic mass is 16.5. The zero-order chi connectivity index (χ0) is 12.0. The quantitative estimate of drug-likeness (QED) is 0.697. The Labute approximate surface area is 94.4 Å². The molecule has 2 fully saturated rings. The van der Waals surface area contributed by atoms with Crippen molar-refractivity contribution in [3.05, 3.63) is 0 Å². The Morgan fingerprint density at radius 1 is 1.31 bits per heavy atom. The van der Waals surface area contributed by atoms with Gasteiger partial charge < -0.3 is 14.7 Å². The van der Waals surface area contributed by atoms with Crippen molar-refractivity contribution >= 4 is 11.9 Å². The molecule has 5 heteroatoms. The highest BCUT2D eigenvalue weighted by molar-refractivity contribution is 6.04. The molecule has 0 aromatic heterocycles. The van der Waals surface area contributed by atoms with Gasteiger partial charge in [0.1, 0.15) is 5.41 Å². The van der Waals surface area contributed by atoms with E-state index in [2.05, 4.69) is 0 Å². The summed E-state index contributed by atoms with van der Waals surface area (Å²) in [4.78, 5) is 24.8. The SMILES string of the molecule is CC1(C)CN(C(=O)C2(C(=O)O)CC2)CCO1. The molecular formula is C11H17NO4. The molecule has 0 aromatic carbocycles. The minimum Gasteiger partial charge on any atom is -0.480 e. The van der Waals surface area contributed by atoms with Crippen LogP contribution < -0.4 is 0 Å². The average molecular weight is 227 g/mol. The van der Waals surface area contributed by atoms with Gasteiger partial charge in [0.05, 0.1) is 12.2 Å². The van der Waals surface area contributed by atoms with Gasteiger partial charge in [-0.25, -0.2) is 0 Å². The van der Waals surface area contributed by atoms with Crippen molar-refractivity contribution in [1.82, 2.24) is 4.90 Å². The zero-order valence-corrected chi connectivity index (χ0v) is 9.65. The topological polar surface area (TPSA) is 66.8 Å². The first-order valence-electron chi connectivity index (χ1n) is 5.54. The Bertz CT molecular complexity index is 333. The molecule has 1 aliphatic heterocycles. The molecule has 2 aliphatic rings. The molecule has 0 spiro atoms.